The minimum atomic E-state index is -0.273. The van der Waals surface area contributed by atoms with Crippen LogP contribution < -0.4 is 0 Å². The Labute approximate surface area is 228 Å². The van der Waals surface area contributed by atoms with Crippen LogP contribution in [0.1, 0.15) is 201 Å². The molecule has 0 saturated carbocycles. The van der Waals surface area contributed by atoms with Crippen molar-refractivity contribution in [2.24, 2.45) is 5.41 Å². The summed E-state index contributed by atoms with van der Waals surface area (Å²) in [6.07, 6.45) is 34.9. The third-order valence-corrected chi connectivity index (χ3v) is 8.14. The summed E-state index contributed by atoms with van der Waals surface area (Å²) < 4.78 is 5.87. The van der Waals surface area contributed by atoms with E-state index < -0.39 is 0 Å². The Hall–Kier alpha value is -0.530. The van der Waals surface area contributed by atoms with E-state index in [0.29, 0.717) is 6.61 Å². The molecule has 1 unspecified atom stereocenters. The molecule has 0 heterocycles. The van der Waals surface area contributed by atoms with Crippen LogP contribution in [0.2, 0.25) is 0 Å². The number of unbranched alkanes of at least 4 members (excludes halogenated alkanes) is 22. The lowest BCUT2D eigenvalue weighted by atomic mass is 9.79. The van der Waals surface area contributed by atoms with E-state index >= 15 is 0 Å². The van der Waals surface area contributed by atoms with Crippen LogP contribution in [-0.2, 0) is 9.53 Å². The van der Waals surface area contributed by atoms with Gasteiger partial charge in [0.25, 0.3) is 0 Å². The van der Waals surface area contributed by atoms with Gasteiger partial charge in [0.15, 0.2) is 0 Å². The van der Waals surface area contributed by atoms with Crippen molar-refractivity contribution in [3.63, 3.8) is 0 Å². The second-order valence-corrected chi connectivity index (χ2v) is 12.0. The second kappa shape index (κ2) is 27.5. The van der Waals surface area contributed by atoms with Crippen molar-refractivity contribution in [3.8, 4) is 0 Å². The van der Waals surface area contributed by atoms with Gasteiger partial charge in [-0.2, -0.15) is 0 Å². The molecule has 0 aromatic carbocycles. The molecule has 0 rings (SSSR count). The maximum atomic E-state index is 13.1. The van der Waals surface area contributed by atoms with Crippen molar-refractivity contribution in [1.29, 1.82) is 0 Å². The Bertz CT molecular complexity index is 446. The van der Waals surface area contributed by atoms with Gasteiger partial charge in [0.05, 0.1) is 12.0 Å². The Kier molecular flexibility index (Phi) is 27.1. The monoisotopic (exact) mass is 509 g/mol. The van der Waals surface area contributed by atoms with Crippen LogP contribution >= 0.6 is 0 Å². The van der Waals surface area contributed by atoms with E-state index in [1.165, 1.54) is 154 Å². The average molecular weight is 509 g/mol. The Morgan fingerprint density at radius 2 is 0.722 bits per heavy atom. The minimum Gasteiger partial charge on any atom is -0.465 e. The molecule has 0 bridgehead atoms. The van der Waals surface area contributed by atoms with Gasteiger partial charge < -0.3 is 4.74 Å². The fraction of sp³-hybridized carbons (Fsp3) is 0.971. The topological polar surface area (TPSA) is 26.3 Å². The Morgan fingerprint density at radius 3 is 1.06 bits per heavy atom. The summed E-state index contributed by atoms with van der Waals surface area (Å²) in [6, 6.07) is 0. The smallest absolute Gasteiger partial charge is 0.311 e. The van der Waals surface area contributed by atoms with Crippen molar-refractivity contribution < 1.29 is 9.53 Å². The molecule has 2 nitrogen and oxygen atoms in total. The predicted octanol–water partition coefficient (Wildman–Crippen LogP) is 12.1. The van der Waals surface area contributed by atoms with E-state index in [0.717, 1.165) is 19.3 Å². The van der Waals surface area contributed by atoms with Crippen LogP contribution in [0.3, 0.4) is 0 Å². The van der Waals surface area contributed by atoms with Crippen LogP contribution in [-0.4, -0.2) is 12.6 Å². The number of carbonyl (C=O) groups is 1. The van der Waals surface area contributed by atoms with Gasteiger partial charge in [-0.1, -0.05) is 175 Å². The van der Waals surface area contributed by atoms with Gasteiger partial charge in [-0.25, -0.2) is 0 Å². The van der Waals surface area contributed by atoms with E-state index in [-0.39, 0.29) is 11.4 Å². The zero-order valence-corrected chi connectivity index (χ0v) is 25.6. The Morgan fingerprint density at radius 1 is 0.444 bits per heavy atom. The maximum Gasteiger partial charge on any atom is 0.311 e. The van der Waals surface area contributed by atoms with Crippen LogP contribution in [0.25, 0.3) is 0 Å². The fourth-order valence-electron chi connectivity index (χ4n) is 5.38. The summed E-state index contributed by atoms with van der Waals surface area (Å²) in [5.74, 6) is 0.0894. The van der Waals surface area contributed by atoms with Gasteiger partial charge in [0.1, 0.15) is 0 Å². The molecule has 36 heavy (non-hydrogen) atoms. The molecule has 0 aliphatic rings. The molecule has 0 fully saturated rings. The molecule has 0 aromatic heterocycles. The van der Waals surface area contributed by atoms with Crippen molar-refractivity contribution in [2.45, 2.75) is 201 Å². The number of ether oxygens (including phenoxy) is 1. The third kappa shape index (κ3) is 22.7. The van der Waals surface area contributed by atoms with E-state index in [1.807, 2.05) is 0 Å². The molecule has 0 amide bonds. The van der Waals surface area contributed by atoms with Crippen LogP contribution in [0, 0.1) is 5.41 Å². The van der Waals surface area contributed by atoms with Crippen LogP contribution in [0.5, 0.6) is 0 Å². The van der Waals surface area contributed by atoms with E-state index in [2.05, 4.69) is 27.7 Å². The average Bonchev–Trinajstić information content (AvgIpc) is 2.88. The highest BCUT2D eigenvalue weighted by Crippen LogP contribution is 2.33. The maximum absolute atomic E-state index is 13.1. The molecule has 0 radical (unpaired) electrons. The Balaban J connectivity index is 4.16. The molecule has 1 atom stereocenters. The number of carbonyl (C=O) groups excluding carboxylic acids is 1. The van der Waals surface area contributed by atoms with Gasteiger partial charge in [-0.05, 0) is 26.2 Å². The summed E-state index contributed by atoms with van der Waals surface area (Å²) in [4.78, 5) is 13.1. The highest BCUT2D eigenvalue weighted by atomic mass is 16.5. The lowest BCUT2D eigenvalue weighted by molar-refractivity contribution is -0.156. The van der Waals surface area contributed by atoms with Crippen molar-refractivity contribution in [2.75, 3.05) is 6.61 Å². The summed E-state index contributed by atoms with van der Waals surface area (Å²) in [5.41, 5.74) is -0.273. The number of esters is 1. The summed E-state index contributed by atoms with van der Waals surface area (Å²) in [6.45, 7) is 9.66. The molecule has 0 N–H and O–H groups in total. The minimum absolute atomic E-state index is 0.0894. The lowest BCUT2D eigenvalue weighted by Crippen LogP contribution is -2.30. The largest absolute Gasteiger partial charge is 0.465 e. The van der Waals surface area contributed by atoms with E-state index in [4.69, 9.17) is 4.74 Å². The molecule has 0 aliphatic carbocycles. The predicted molar refractivity (Wildman–Crippen MR) is 161 cm³/mol. The molecular weight excluding hydrogens is 440 g/mol. The SMILES string of the molecule is CCCCCCCCCCCCOC(=O)C(C)(CCCCCCCC)CCCCCCCCCCC. The van der Waals surface area contributed by atoms with Crippen molar-refractivity contribution in [3.05, 3.63) is 0 Å². The molecule has 216 valence electrons. The van der Waals surface area contributed by atoms with Crippen LogP contribution in [0.4, 0.5) is 0 Å². The van der Waals surface area contributed by atoms with Gasteiger partial charge in [0, 0.05) is 0 Å². The van der Waals surface area contributed by atoms with E-state index in [9.17, 15) is 4.79 Å². The first-order chi connectivity index (χ1) is 17.6. The van der Waals surface area contributed by atoms with Gasteiger partial charge in [0.2, 0.25) is 0 Å². The zero-order valence-electron chi connectivity index (χ0n) is 25.6. The molecule has 0 spiro atoms. The van der Waals surface area contributed by atoms with Gasteiger partial charge >= 0.3 is 5.97 Å². The van der Waals surface area contributed by atoms with Gasteiger partial charge in [-0.3, -0.25) is 4.79 Å². The first-order valence-corrected chi connectivity index (χ1v) is 16.8. The summed E-state index contributed by atoms with van der Waals surface area (Å²) in [7, 11) is 0. The third-order valence-electron chi connectivity index (χ3n) is 8.14. The van der Waals surface area contributed by atoms with Crippen molar-refractivity contribution in [1.82, 2.24) is 0 Å². The molecular formula is C34H68O2. The highest BCUT2D eigenvalue weighted by molar-refractivity contribution is 5.76. The fourth-order valence-corrected chi connectivity index (χ4v) is 5.38. The normalized spacial score (nSPS) is 13.1. The number of hydrogen-bond acceptors (Lipinski definition) is 2. The molecule has 0 saturated heterocycles. The van der Waals surface area contributed by atoms with Crippen LogP contribution in [0.15, 0.2) is 0 Å². The molecule has 2 heteroatoms. The summed E-state index contributed by atoms with van der Waals surface area (Å²) in [5, 5.41) is 0. The van der Waals surface area contributed by atoms with Crippen molar-refractivity contribution >= 4 is 5.97 Å². The lowest BCUT2D eigenvalue weighted by Gasteiger charge is -2.27. The van der Waals surface area contributed by atoms with Gasteiger partial charge in [-0.15, -0.1) is 0 Å². The molecule has 0 aromatic rings. The quantitative estimate of drug-likeness (QED) is 0.0741. The number of rotatable bonds is 29. The number of hydrogen-bond donors (Lipinski definition) is 0. The highest BCUT2D eigenvalue weighted by Gasteiger charge is 2.33. The van der Waals surface area contributed by atoms with E-state index in [1.54, 1.807) is 0 Å². The zero-order chi connectivity index (χ0) is 26.6. The first kappa shape index (κ1) is 35.5. The first-order valence-electron chi connectivity index (χ1n) is 16.8. The standard InChI is InChI=1S/C34H68O2/c1-5-8-11-14-17-19-21-23-26-29-32-36-33(35)34(4,30-27-24-16-13-10-7-3)31-28-25-22-20-18-15-12-9-6-2/h5-32H2,1-4H3. The second-order valence-electron chi connectivity index (χ2n) is 12.0. The summed E-state index contributed by atoms with van der Waals surface area (Å²) >= 11 is 0. The molecule has 0 aliphatic heterocycles.